The summed E-state index contributed by atoms with van der Waals surface area (Å²) in [6.45, 7) is 3.94. The zero-order valence-corrected chi connectivity index (χ0v) is 19.7. The standard InChI is InChI=1S/C28H25N3O4/c1-18(2)35-22-8-6-7-21(15-22)26-16-24(23-9-4-5-10-25(23)30-26)27(32)31-29-17-19-11-13-20(14-12-19)28(33)34-3/h4-18H,1-3H3,(H,31,32)/b29-17-. The molecule has 0 aliphatic carbocycles. The van der Waals surface area contributed by atoms with Gasteiger partial charge >= 0.3 is 5.97 Å². The second-order valence-electron chi connectivity index (χ2n) is 8.08. The first-order chi connectivity index (χ1) is 16.9. The number of fused-ring (bicyclic) bond motifs is 1. The number of pyridine rings is 1. The van der Waals surface area contributed by atoms with Crippen LogP contribution in [0.2, 0.25) is 0 Å². The third-order valence-electron chi connectivity index (χ3n) is 5.17. The number of aromatic nitrogens is 1. The molecule has 0 spiro atoms. The number of methoxy groups -OCH3 is 1. The summed E-state index contributed by atoms with van der Waals surface area (Å²) in [6.07, 6.45) is 1.56. The minimum Gasteiger partial charge on any atom is -0.491 e. The number of amides is 1. The van der Waals surface area contributed by atoms with Crippen LogP contribution in [0.3, 0.4) is 0 Å². The third-order valence-corrected chi connectivity index (χ3v) is 5.17. The largest absolute Gasteiger partial charge is 0.491 e. The number of carbonyl (C=O) groups excluding carboxylic acids is 2. The molecule has 0 bridgehead atoms. The molecule has 0 aliphatic rings. The van der Waals surface area contributed by atoms with Crippen molar-refractivity contribution in [2.24, 2.45) is 5.10 Å². The Labute approximate surface area is 203 Å². The summed E-state index contributed by atoms with van der Waals surface area (Å²) in [4.78, 5) is 29.4. The normalized spacial score (nSPS) is 11.1. The molecular formula is C28H25N3O4. The number of rotatable bonds is 7. The topological polar surface area (TPSA) is 89.9 Å². The highest BCUT2D eigenvalue weighted by Gasteiger charge is 2.14. The Morgan fingerprint density at radius 1 is 0.971 bits per heavy atom. The lowest BCUT2D eigenvalue weighted by Gasteiger charge is -2.12. The molecular weight excluding hydrogens is 442 g/mol. The van der Waals surface area contributed by atoms with Crippen molar-refractivity contribution < 1.29 is 19.1 Å². The predicted octanol–water partition coefficient (Wildman–Crippen LogP) is 5.24. The molecule has 0 fully saturated rings. The lowest BCUT2D eigenvalue weighted by atomic mass is 10.0. The number of ether oxygens (including phenoxy) is 2. The number of esters is 1. The maximum atomic E-state index is 13.1. The zero-order chi connectivity index (χ0) is 24.8. The van der Waals surface area contributed by atoms with E-state index in [0.29, 0.717) is 22.3 Å². The van der Waals surface area contributed by atoms with Crippen LogP contribution >= 0.6 is 0 Å². The fourth-order valence-corrected chi connectivity index (χ4v) is 3.56. The summed E-state index contributed by atoms with van der Waals surface area (Å²) in [5.41, 5.74) is 6.41. The van der Waals surface area contributed by atoms with Crippen molar-refractivity contribution in [2.75, 3.05) is 7.11 Å². The van der Waals surface area contributed by atoms with Crippen molar-refractivity contribution in [2.45, 2.75) is 20.0 Å². The summed E-state index contributed by atoms with van der Waals surface area (Å²) in [5, 5.41) is 4.81. The monoisotopic (exact) mass is 467 g/mol. The number of carbonyl (C=O) groups is 2. The van der Waals surface area contributed by atoms with Crippen LogP contribution in [0.15, 0.2) is 84.0 Å². The van der Waals surface area contributed by atoms with Gasteiger partial charge in [-0.25, -0.2) is 15.2 Å². The van der Waals surface area contributed by atoms with E-state index in [-0.39, 0.29) is 12.0 Å². The number of hydrazone groups is 1. The van der Waals surface area contributed by atoms with E-state index in [1.54, 1.807) is 30.3 Å². The van der Waals surface area contributed by atoms with Gasteiger partial charge in [0.15, 0.2) is 0 Å². The molecule has 1 amide bonds. The quantitative estimate of drug-likeness (QED) is 0.228. The minimum absolute atomic E-state index is 0.0469. The van der Waals surface area contributed by atoms with Crippen molar-refractivity contribution in [3.8, 4) is 17.0 Å². The Morgan fingerprint density at radius 3 is 2.49 bits per heavy atom. The smallest absolute Gasteiger partial charge is 0.337 e. The maximum Gasteiger partial charge on any atom is 0.337 e. The Hall–Kier alpha value is -4.52. The summed E-state index contributed by atoms with van der Waals surface area (Å²) >= 11 is 0. The van der Waals surface area contributed by atoms with Gasteiger partial charge in [-0.3, -0.25) is 4.79 Å². The molecule has 1 heterocycles. The summed E-state index contributed by atoms with van der Waals surface area (Å²) in [5.74, 6) is -0.0355. The van der Waals surface area contributed by atoms with Crippen molar-refractivity contribution in [1.29, 1.82) is 0 Å². The minimum atomic E-state index is -0.413. The van der Waals surface area contributed by atoms with Crippen LogP contribution in [0.1, 0.15) is 40.1 Å². The van der Waals surface area contributed by atoms with Gasteiger partial charge in [0.25, 0.3) is 5.91 Å². The second kappa shape index (κ2) is 10.6. The molecule has 0 saturated heterocycles. The molecule has 7 nitrogen and oxygen atoms in total. The molecule has 0 radical (unpaired) electrons. The van der Waals surface area contributed by atoms with Gasteiger partial charge in [-0.1, -0.05) is 42.5 Å². The molecule has 7 heteroatoms. The highest BCUT2D eigenvalue weighted by molar-refractivity contribution is 6.07. The fraction of sp³-hybridized carbons (Fsp3) is 0.143. The number of benzene rings is 3. The van der Waals surface area contributed by atoms with E-state index in [1.807, 2.05) is 62.4 Å². The molecule has 3 aromatic carbocycles. The van der Waals surface area contributed by atoms with Crippen molar-refractivity contribution in [3.63, 3.8) is 0 Å². The molecule has 0 saturated carbocycles. The Balaban J connectivity index is 1.60. The first-order valence-electron chi connectivity index (χ1n) is 11.1. The second-order valence-corrected chi connectivity index (χ2v) is 8.08. The summed E-state index contributed by atoms with van der Waals surface area (Å²) in [6, 6.07) is 23.6. The molecule has 0 aliphatic heterocycles. The molecule has 35 heavy (non-hydrogen) atoms. The number of nitrogens with one attached hydrogen (secondary N) is 1. The van der Waals surface area contributed by atoms with Crippen LogP contribution in [-0.4, -0.2) is 36.3 Å². The van der Waals surface area contributed by atoms with E-state index in [4.69, 9.17) is 14.5 Å². The van der Waals surface area contributed by atoms with Crippen molar-refractivity contribution in [3.05, 3.63) is 95.6 Å². The average molecular weight is 468 g/mol. The number of hydrogen-bond acceptors (Lipinski definition) is 6. The lowest BCUT2D eigenvalue weighted by Crippen LogP contribution is -2.18. The SMILES string of the molecule is COC(=O)c1ccc(/C=N\NC(=O)c2cc(-c3cccc(OC(C)C)c3)nc3ccccc23)cc1. The van der Waals surface area contributed by atoms with E-state index in [9.17, 15) is 9.59 Å². The molecule has 1 aromatic heterocycles. The fourth-order valence-electron chi connectivity index (χ4n) is 3.56. The average Bonchev–Trinajstić information content (AvgIpc) is 2.87. The van der Waals surface area contributed by atoms with E-state index >= 15 is 0 Å². The van der Waals surface area contributed by atoms with Crippen LogP contribution < -0.4 is 10.2 Å². The third kappa shape index (κ3) is 5.70. The van der Waals surface area contributed by atoms with E-state index < -0.39 is 5.97 Å². The number of para-hydroxylation sites is 1. The molecule has 0 unspecified atom stereocenters. The van der Waals surface area contributed by atoms with Gasteiger partial charge in [-0.15, -0.1) is 0 Å². The van der Waals surface area contributed by atoms with Crippen LogP contribution in [-0.2, 0) is 4.74 Å². The molecule has 4 aromatic rings. The van der Waals surface area contributed by atoms with Gasteiger partial charge in [0, 0.05) is 10.9 Å². The number of hydrogen-bond donors (Lipinski definition) is 1. The van der Waals surface area contributed by atoms with Gasteiger partial charge in [-0.05, 0) is 55.8 Å². The Bertz CT molecular complexity index is 1400. The molecule has 176 valence electrons. The predicted molar refractivity (Wildman–Crippen MR) is 136 cm³/mol. The summed E-state index contributed by atoms with van der Waals surface area (Å²) < 4.78 is 10.5. The highest BCUT2D eigenvalue weighted by atomic mass is 16.5. The van der Waals surface area contributed by atoms with E-state index in [1.165, 1.54) is 13.3 Å². The lowest BCUT2D eigenvalue weighted by molar-refractivity contribution is 0.0600. The Morgan fingerprint density at radius 2 is 1.74 bits per heavy atom. The molecule has 0 atom stereocenters. The maximum absolute atomic E-state index is 13.1. The van der Waals surface area contributed by atoms with E-state index in [0.717, 1.165) is 22.3 Å². The van der Waals surface area contributed by atoms with Crippen LogP contribution in [0, 0.1) is 0 Å². The molecule has 1 N–H and O–H groups in total. The highest BCUT2D eigenvalue weighted by Crippen LogP contribution is 2.27. The van der Waals surface area contributed by atoms with Gasteiger partial charge < -0.3 is 9.47 Å². The number of nitrogens with zero attached hydrogens (tertiary/aromatic N) is 2. The zero-order valence-electron chi connectivity index (χ0n) is 19.7. The molecule has 4 rings (SSSR count). The van der Waals surface area contributed by atoms with Crippen LogP contribution in [0.5, 0.6) is 5.75 Å². The Kier molecular flexibility index (Phi) is 7.16. The van der Waals surface area contributed by atoms with Gasteiger partial charge in [0.1, 0.15) is 5.75 Å². The van der Waals surface area contributed by atoms with Gasteiger partial charge in [0.05, 0.1) is 41.8 Å². The van der Waals surface area contributed by atoms with Crippen molar-refractivity contribution in [1.82, 2.24) is 10.4 Å². The van der Waals surface area contributed by atoms with Crippen molar-refractivity contribution >= 4 is 29.0 Å². The van der Waals surface area contributed by atoms with E-state index in [2.05, 4.69) is 10.5 Å². The van der Waals surface area contributed by atoms with Gasteiger partial charge in [-0.2, -0.15) is 5.10 Å². The van der Waals surface area contributed by atoms with Gasteiger partial charge in [0.2, 0.25) is 0 Å². The van der Waals surface area contributed by atoms with Crippen LogP contribution in [0.4, 0.5) is 0 Å². The first kappa shape index (κ1) is 23.6. The first-order valence-corrected chi connectivity index (χ1v) is 11.1. The van der Waals surface area contributed by atoms with Crippen LogP contribution in [0.25, 0.3) is 22.2 Å². The summed E-state index contributed by atoms with van der Waals surface area (Å²) in [7, 11) is 1.33.